The largest absolute Gasteiger partial charge is 0.480 e. The predicted octanol–water partition coefficient (Wildman–Crippen LogP) is 1.66. The minimum Gasteiger partial charge on any atom is -0.480 e. The van der Waals surface area contributed by atoms with Gasteiger partial charge in [-0.25, -0.2) is 4.79 Å². The van der Waals surface area contributed by atoms with Crippen LogP contribution in [0, 0.1) is 13.8 Å². The van der Waals surface area contributed by atoms with Crippen LogP contribution in [0.4, 0.5) is 0 Å². The number of rotatable bonds is 5. The summed E-state index contributed by atoms with van der Waals surface area (Å²) in [7, 11) is 1.44. The summed E-state index contributed by atoms with van der Waals surface area (Å²) in [4.78, 5) is 23.8. The molecule has 2 rings (SSSR count). The Kier molecular flexibility index (Phi) is 4.90. The molecular formula is C16H17N3O4. The maximum Gasteiger partial charge on any atom is 0.330 e. The summed E-state index contributed by atoms with van der Waals surface area (Å²) < 4.78 is 4.87. The molecule has 1 atom stereocenters. The lowest BCUT2D eigenvalue weighted by atomic mass is 9.97. The first kappa shape index (κ1) is 16.4. The van der Waals surface area contributed by atoms with E-state index in [4.69, 9.17) is 4.74 Å². The number of amides is 1. The predicted molar refractivity (Wildman–Crippen MR) is 82.3 cm³/mol. The molecule has 0 aliphatic carbocycles. The van der Waals surface area contributed by atoms with E-state index >= 15 is 0 Å². The number of hydrogen-bond donors (Lipinski definition) is 2. The monoisotopic (exact) mass is 315 g/mol. The van der Waals surface area contributed by atoms with Crippen LogP contribution in [-0.4, -0.2) is 34.3 Å². The molecule has 1 amide bonds. The summed E-state index contributed by atoms with van der Waals surface area (Å²) in [5.41, 5.74) is 2.32. The lowest BCUT2D eigenvalue weighted by Gasteiger charge is -2.18. The van der Waals surface area contributed by atoms with Crippen LogP contribution in [0.15, 0.2) is 30.3 Å². The molecule has 7 nitrogen and oxygen atoms in total. The zero-order valence-corrected chi connectivity index (χ0v) is 13.0. The van der Waals surface area contributed by atoms with Gasteiger partial charge < -0.3 is 15.2 Å². The van der Waals surface area contributed by atoms with Crippen molar-refractivity contribution in [2.45, 2.75) is 19.9 Å². The number of carboxylic acids is 1. The fourth-order valence-electron chi connectivity index (χ4n) is 2.11. The number of benzene rings is 1. The molecule has 23 heavy (non-hydrogen) atoms. The highest BCUT2D eigenvalue weighted by Gasteiger charge is 2.25. The highest BCUT2D eigenvalue weighted by Crippen LogP contribution is 2.21. The van der Waals surface area contributed by atoms with Crippen LogP contribution >= 0.6 is 0 Å². The van der Waals surface area contributed by atoms with Crippen LogP contribution in [0.3, 0.4) is 0 Å². The van der Waals surface area contributed by atoms with Gasteiger partial charge in [0, 0.05) is 6.07 Å². The van der Waals surface area contributed by atoms with E-state index in [0.717, 1.165) is 11.1 Å². The fourth-order valence-corrected chi connectivity index (χ4v) is 2.11. The van der Waals surface area contributed by atoms with E-state index in [1.54, 1.807) is 12.1 Å². The molecule has 0 bridgehead atoms. The van der Waals surface area contributed by atoms with Crippen molar-refractivity contribution in [3.05, 3.63) is 52.7 Å². The summed E-state index contributed by atoms with van der Waals surface area (Å²) in [6.45, 7) is 3.70. The van der Waals surface area contributed by atoms with Gasteiger partial charge in [-0.05, 0) is 36.6 Å². The number of aromatic nitrogens is 2. The topological polar surface area (TPSA) is 101 Å². The van der Waals surface area contributed by atoms with Crippen LogP contribution in [0.1, 0.15) is 33.2 Å². The Morgan fingerprint density at radius 3 is 2.48 bits per heavy atom. The minimum atomic E-state index is -1.16. The molecule has 0 fully saturated rings. The van der Waals surface area contributed by atoms with E-state index in [1.165, 1.54) is 19.2 Å². The lowest BCUT2D eigenvalue weighted by Crippen LogP contribution is -2.34. The molecule has 0 radical (unpaired) electrons. The molecule has 2 aromatic rings. The summed E-state index contributed by atoms with van der Waals surface area (Å²) in [6, 6.07) is 7.06. The van der Waals surface area contributed by atoms with E-state index < -0.39 is 17.9 Å². The average molecular weight is 315 g/mol. The molecule has 0 unspecified atom stereocenters. The van der Waals surface area contributed by atoms with Gasteiger partial charge >= 0.3 is 5.97 Å². The van der Waals surface area contributed by atoms with E-state index in [-0.39, 0.29) is 11.6 Å². The Balaban J connectivity index is 2.27. The second kappa shape index (κ2) is 6.87. The third-order valence-corrected chi connectivity index (χ3v) is 3.56. The van der Waals surface area contributed by atoms with E-state index in [9.17, 15) is 14.7 Å². The van der Waals surface area contributed by atoms with Crippen molar-refractivity contribution in [2.75, 3.05) is 7.11 Å². The number of methoxy groups -OCH3 is 1. The van der Waals surface area contributed by atoms with Gasteiger partial charge in [-0.2, -0.15) is 0 Å². The third kappa shape index (κ3) is 3.63. The normalized spacial score (nSPS) is 11.6. The summed E-state index contributed by atoms with van der Waals surface area (Å²) in [5.74, 6) is -1.49. The fraction of sp³-hybridized carbons (Fsp3) is 0.250. The van der Waals surface area contributed by atoms with Crippen molar-refractivity contribution in [3.63, 3.8) is 0 Å². The zero-order valence-electron chi connectivity index (χ0n) is 13.0. The number of ether oxygens (including phenoxy) is 1. The number of carbonyl (C=O) groups is 2. The Bertz CT molecular complexity index is 729. The molecule has 1 aromatic carbocycles. The van der Waals surface area contributed by atoms with Gasteiger partial charge in [0.2, 0.25) is 5.88 Å². The van der Waals surface area contributed by atoms with Gasteiger partial charge in [0.15, 0.2) is 11.7 Å². The highest BCUT2D eigenvalue weighted by atomic mass is 16.5. The first-order valence-corrected chi connectivity index (χ1v) is 6.91. The average Bonchev–Trinajstić information content (AvgIpc) is 2.55. The quantitative estimate of drug-likeness (QED) is 0.870. The Morgan fingerprint density at radius 1 is 1.17 bits per heavy atom. The van der Waals surface area contributed by atoms with Crippen molar-refractivity contribution in [1.29, 1.82) is 0 Å². The Morgan fingerprint density at radius 2 is 1.91 bits per heavy atom. The maximum absolute atomic E-state index is 12.2. The lowest BCUT2D eigenvalue weighted by molar-refractivity contribution is -0.139. The Labute approximate surface area is 133 Å². The van der Waals surface area contributed by atoms with Crippen molar-refractivity contribution < 1.29 is 19.4 Å². The minimum absolute atomic E-state index is 0.0161. The maximum atomic E-state index is 12.2. The molecule has 0 aliphatic heterocycles. The van der Waals surface area contributed by atoms with Gasteiger partial charge in [0.1, 0.15) is 0 Å². The van der Waals surface area contributed by atoms with E-state index in [2.05, 4.69) is 15.5 Å². The van der Waals surface area contributed by atoms with Gasteiger partial charge in [0.05, 0.1) is 7.11 Å². The van der Waals surface area contributed by atoms with E-state index in [0.29, 0.717) is 5.56 Å². The number of hydrogen-bond acceptors (Lipinski definition) is 5. The standard InChI is InChI=1S/C16H17N3O4/c1-9-5-4-6-11(10(9)2)14(16(21)22)17-15(20)12-7-8-13(23-3)19-18-12/h4-8,14H,1-3H3,(H,17,20)(H,21,22)/t14-/m0/s1. The number of carbonyl (C=O) groups excluding carboxylic acids is 1. The zero-order chi connectivity index (χ0) is 17.0. The molecular weight excluding hydrogens is 298 g/mol. The molecule has 0 saturated carbocycles. The Hall–Kier alpha value is -2.96. The van der Waals surface area contributed by atoms with Crippen LogP contribution in [0.2, 0.25) is 0 Å². The first-order valence-electron chi connectivity index (χ1n) is 6.91. The second-order valence-corrected chi connectivity index (χ2v) is 4.99. The van der Waals surface area contributed by atoms with Gasteiger partial charge in [-0.1, -0.05) is 18.2 Å². The number of nitrogens with zero attached hydrogens (tertiary/aromatic N) is 2. The van der Waals surface area contributed by atoms with Gasteiger partial charge in [-0.15, -0.1) is 10.2 Å². The number of aliphatic carboxylic acids is 1. The summed E-state index contributed by atoms with van der Waals surface area (Å²) >= 11 is 0. The molecule has 7 heteroatoms. The van der Waals surface area contributed by atoms with Crippen LogP contribution in [0.25, 0.3) is 0 Å². The molecule has 1 aromatic heterocycles. The van der Waals surface area contributed by atoms with Crippen molar-refractivity contribution in [1.82, 2.24) is 15.5 Å². The van der Waals surface area contributed by atoms with Gasteiger partial charge in [-0.3, -0.25) is 4.79 Å². The number of nitrogens with one attached hydrogen (secondary N) is 1. The van der Waals surface area contributed by atoms with E-state index in [1.807, 2.05) is 19.9 Å². The molecule has 0 spiro atoms. The number of carboxylic acid groups (broad SMARTS) is 1. The molecule has 2 N–H and O–H groups in total. The highest BCUT2D eigenvalue weighted by molar-refractivity contribution is 5.95. The first-order chi connectivity index (χ1) is 10.9. The molecule has 0 saturated heterocycles. The third-order valence-electron chi connectivity index (χ3n) is 3.56. The van der Waals surface area contributed by atoms with Crippen molar-refractivity contribution in [2.24, 2.45) is 0 Å². The van der Waals surface area contributed by atoms with Crippen LogP contribution in [0.5, 0.6) is 5.88 Å². The van der Waals surface area contributed by atoms with Gasteiger partial charge in [0.25, 0.3) is 5.91 Å². The SMILES string of the molecule is COc1ccc(C(=O)N[C@H](C(=O)O)c2cccc(C)c2C)nn1. The van der Waals surface area contributed by atoms with Crippen molar-refractivity contribution in [3.8, 4) is 5.88 Å². The summed E-state index contributed by atoms with van der Waals surface area (Å²) in [5, 5.41) is 19.3. The van der Waals surface area contributed by atoms with Crippen LogP contribution < -0.4 is 10.1 Å². The molecule has 120 valence electrons. The number of aryl methyl sites for hydroxylation is 1. The van der Waals surface area contributed by atoms with Crippen molar-refractivity contribution >= 4 is 11.9 Å². The second-order valence-electron chi connectivity index (χ2n) is 4.99. The smallest absolute Gasteiger partial charge is 0.330 e. The molecule has 0 aliphatic rings. The summed E-state index contributed by atoms with van der Waals surface area (Å²) in [6.07, 6.45) is 0. The van der Waals surface area contributed by atoms with Crippen LogP contribution in [-0.2, 0) is 4.79 Å². The molecule has 1 heterocycles.